The highest BCUT2D eigenvalue weighted by Gasteiger charge is 2.12. The third-order valence-corrected chi connectivity index (χ3v) is 4.16. The lowest BCUT2D eigenvalue weighted by Crippen LogP contribution is -2.33. The number of rotatable bonds is 8. The Kier molecular flexibility index (Phi) is 7.21. The number of carbonyl (C=O) groups excluding carboxylic acids is 2. The van der Waals surface area contributed by atoms with Crippen molar-refractivity contribution < 1.29 is 14.3 Å². The first-order chi connectivity index (χ1) is 12.5. The quantitative estimate of drug-likeness (QED) is 0.793. The minimum absolute atomic E-state index is 0.0488. The van der Waals surface area contributed by atoms with Crippen LogP contribution in [-0.4, -0.2) is 30.4 Å². The summed E-state index contributed by atoms with van der Waals surface area (Å²) in [7, 11) is 1.62. The van der Waals surface area contributed by atoms with Gasteiger partial charge in [0.2, 0.25) is 11.8 Å². The van der Waals surface area contributed by atoms with Crippen LogP contribution in [0.15, 0.2) is 48.5 Å². The van der Waals surface area contributed by atoms with E-state index in [1.807, 2.05) is 55.5 Å². The van der Waals surface area contributed by atoms with Gasteiger partial charge in [0.05, 0.1) is 7.11 Å². The highest BCUT2D eigenvalue weighted by atomic mass is 16.5. The molecule has 0 radical (unpaired) electrons. The van der Waals surface area contributed by atoms with Crippen molar-refractivity contribution in [3.8, 4) is 5.75 Å². The molecule has 2 amide bonds. The molecule has 0 aliphatic carbocycles. The largest absolute Gasteiger partial charge is 0.497 e. The van der Waals surface area contributed by atoms with Gasteiger partial charge in [-0.15, -0.1) is 0 Å². The molecule has 5 nitrogen and oxygen atoms in total. The molecule has 0 aliphatic heterocycles. The Hall–Kier alpha value is -2.82. The second-order valence-electron chi connectivity index (χ2n) is 6.30. The van der Waals surface area contributed by atoms with Gasteiger partial charge in [-0.2, -0.15) is 0 Å². The number of methoxy groups -OCH3 is 1. The van der Waals surface area contributed by atoms with E-state index in [9.17, 15) is 9.59 Å². The molecule has 0 spiro atoms. The molecular formula is C21H26N2O3. The molecule has 2 aromatic carbocycles. The number of aryl methyl sites for hydroxylation is 1. The minimum Gasteiger partial charge on any atom is -0.497 e. The molecule has 2 aromatic rings. The van der Waals surface area contributed by atoms with Gasteiger partial charge in [-0.05, 0) is 30.2 Å². The van der Waals surface area contributed by atoms with Crippen LogP contribution >= 0.6 is 0 Å². The zero-order valence-corrected chi connectivity index (χ0v) is 15.6. The lowest BCUT2D eigenvalue weighted by Gasteiger charge is -2.21. The van der Waals surface area contributed by atoms with Gasteiger partial charge in [-0.1, -0.05) is 42.0 Å². The van der Waals surface area contributed by atoms with E-state index in [1.165, 1.54) is 12.5 Å². The van der Waals surface area contributed by atoms with Gasteiger partial charge in [0.25, 0.3) is 0 Å². The van der Waals surface area contributed by atoms with E-state index >= 15 is 0 Å². The number of hydrogen-bond donors (Lipinski definition) is 1. The molecule has 1 N–H and O–H groups in total. The van der Waals surface area contributed by atoms with Crippen molar-refractivity contribution >= 4 is 11.8 Å². The summed E-state index contributed by atoms with van der Waals surface area (Å²) in [5.41, 5.74) is 3.24. The summed E-state index contributed by atoms with van der Waals surface area (Å²) in [5, 5.41) is 2.91. The van der Waals surface area contributed by atoms with Crippen molar-refractivity contribution in [2.24, 2.45) is 0 Å². The predicted molar refractivity (Wildman–Crippen MR) is 102 cm³/mol. The standard InChI is InChI=1S/C21H26N2O3/c1-16-5-4-6-19(13-16)14-22-21(25)11-12-23(17(2)24)15-18-7-9-20(26-3)10-8-18/h4-10,13H,11-12,14-15H2,1-3H3,(H,22,25). The molecule has 138 valence electrons. The fourth-order valence-electron chi connectivity index (χ4n) is 2.65. The molecule has 0 atom stereocenters. The van der Waals surface area contributed by atoms with Gasteiger partial charge < -0.3 is 15.0 Å². The van der Waals surface area contributed by atoms with Gasteiger partial charge >= 0.3 is 0 Å². The zero-order chi connectivity index (χ0) is 18.9. The molecule has 0 aromatic heterocycles. The van der Waals surface area contributed by atoms with Gasteiger partial charge in [-0.3, -0.25) is 9.59 Å². The zero-order valence-electron chi connectivity index (χ0n) is 15.6. The van der Waals surface area contributed by atoms with Crippen molar-refractivity contribution in [2.45, 2.75) is 33.4 Å². The number of amides is 2. The molecule has 0 aliphatic rings. The summed E-state index contributed by atoms with van der Waals surface area (Å²) in [4.78, 5) is 25.6. The van der Waals surface area contributed by atoms with E-state index in [0.717, 1.165) is 16.9 Å². The van der Waals surface area contributed by atoms with Crippen LogP contribution in [0.25, 0.3) is 0 Å². The Morgan fingerprint density at radius 2 is 1.81 bits per heavy atom. The molecule has 0 bridgehead atoms. The highest BCUT2D eigenvalue weighted by molar-refractivity contribution is 5.78. The average Bonchev–Trinajstić information content (AvgIpc) is 2.63. The van der Waals surface area contributed by atoms with Gasteiger partial charge in [0, 0.05) is 33.0 Å². The van der Waals surface area contributed by atoms with E-state index < -0.39 is 0 Å². The number of ether oxygens (including phenoxy) is 1. The fraction of sp³-hybridized carbons (Fsp3) is 0.333. The van der Waals surface area contributed by atoms with Gasteiger partial charge in [0.1, 0.15) is 5.75 Å². The minimum atomic E-state index is -0.0625. The second kappa shape index (κ2) is 9.61. The van der Waals surface area contributed by atoms with Crippen LogP contribution < -0.4 is 10.1 Å². The SMILES string of the molecule is COc1ccc(CN(CCC(=O)NCc2cccc(C)c2)C(C)=O)cc1. The lowest BCUT2D eigenvalue weighted by atomic mass is 10.1. The van der Waals surface area contributed by atoms with E-state index in [0.29, 0.717) is 19.6 Å². The first kappa shape index (κ1) is 19.5. The Morgan fingerprint density at radius 3 is 2.42 bits per heavy atom. The summed E-state index contributed by atoms with van der Waals surface area (Å²) in [6.45, 7) is 4.91. The Labute approximate surface area is 155 Å². The van der Waals surface area contributed by atoms with E-state index in [1.54, 1.807) is 12.0 Å². The van der Waals surface area contributed by atoms with Crippen molar-refractivity contribution in [1.82, 2.24) is 10.2 Å². The monoisotopic (exact) mass is 354 g/mol. The third kappa shape index (κ3) is 6.24. The molecule has 26 heavy (non-hydrogen) atoms. The average molecular weight is 354 g/mol. The van der Waals surface area contributed by atoms with E-state index in [4.69, 9.17) is 4.74 Å². The summed E-state index contributed by atoms with van der Waals surface area (Å²) >= 11 is 0. The summed E-state index contributed by atoms with van der Waals surface area (Å²) in [5.74, 6) is 0.665. The number of nitrogens with one attached hydrogen (secondary N) is 1. The number of hydrogen-bond acceptors (Lipinski definition) is 3. The van der Waals surface area contributed by atoms with Crippen LogP contribution in [0.1, 0.15) is 30.0 Å². The first-order valence-corrected chi connectivity index (χ1v) is 8.68. The van der Waals surface area contributed by atoms with E-state index in [2.05, 4.69) is 5.32 Å². The van der Waals surface area contributed by atoms with Crippen LogP contribution in [0.2, 0.25) is 0 Å². The molecule has 0 saturated carbocycles. The number of benzene rings is 2. The van der Waals surface area contributed by atoms with Crippen molar-refractivity contribution in [1.29, 1.82) is 0 Å². The third-order valence-electron chi connectivity index (χ3n) is 4.16. The summed E-state index contributed by atoms with van der Waals surface area (Å²) in [6.07, 6.45) is 0.279. The topological polar surface area (TPSA) is 58.6 Å². The van der Waals surface area contributed by atoms with Gasteiger partial charge in [0.15, 0.2) is 0 Å². The predicted octanol–water partition coefficient (Wildman–Crippen LogP) is 3.06. The molecule has 0 heterocycles. The molecule has 0 saturated heterocycles. The number of carbonyl (C=O) groups is 2. The first-order valence-electron chi connectivity index (χ1n) is 8.68. The summed E-state index contributed by atoms with van der Waals surface area (Å²) in [6, 6.07) is 15.6. The van der Waals surface area contributed by atoms with Gasteiger partial charge in [-0.25, -0.2) is 0 Å². The van der Waals surface area contributed by atoms with Crippen molar-refractivity contribution in [2.75, 3.05) is 13.7 Å². The fourth-order valence-corrected chi connectivity index (χ4v) is 2.65. The maximum atomic E-state index is 12.1. The van der Waals surface area contributed by atoms with Crippen molar-refractivity contribution in [3.63, 3.8) is 0 Å². The second-order valence-corrected chi connectivity index (χ2v) is 6.30. The maximum Gasteiger partial charge on any atom is 0.222 e. The number of nitrogens with zero attached hydrogens (tertiary/aromatic N) is 1. The molecule has 0 fully saturated rings. The Bertz CT molecular complexity index is 741. The van der Waals surface area contributed by atoms with Crippen LogP contribution in [0.5, 0.6) is 5.75 Å². The van der Waals surface area contributed by atoms with Crippen LogP contribution in [0.3, 0.4) is 0 Å². The molecule has 2 rings (SSSR count). The van der Waals surface area contributed by atoms with Crippen molar-refractivity contribution in [3.05, 3.63) is 65.2 Å². The van der Waals surface area contributed by atoms with E-state index in [-0.39, 0.29) is 18.2 Å². The Morgan fingerprint density at radius 1 is 1.08 bits per heavy atom. The highest BCUT2D eigenvalue weighted by Crippen LogP contribution is 2.13. The lowest BCUT2D eigenvalue weighted by molar-refractivity contribution is -0.130. The smallest absolute Gasteiger partial charge is 0.222 e. The van der Waals surface area contributed by atoms with Crippen LogP contribution in [0.4, 0.5) is 0 Å². The maximum absolute atomic E-state index is 12.1. The summed E-state index contributed by atoms with van der Waals surface area (Å²) < 4.78 is 5.14. The van der Waals surface area contributed by atoms with Crippen LogP contribution in [-0.2, 0) is 22.7 Å². The van der Waals surface area contributed by atoms with Crippen LogP contribution in [0, 0.1) is 6.92 Å². The molecular weight excluding hydrogens is 328 g/mol. The molecule has 5 heteroatoms. The Balaban J connectivity index is 1.83. The molecule has 0 unspecified atom stereocenters. The normalized spacial score (nSPS) is 10.3.